The molecule has 1 aromatic carbocycles. The summed E-state index contributed by atoms with van der Waals surface area (Å²) < 4.78 is 1.50. The number of hydrogen-bond donors (Lipinski definition) is 0. The lowest BCUT2D eigenvalue weighted by Crippen LogP contribution is -2.38. The van der Waals surface area contributed by atoms with Crippen LogP contribution in [0.5, 0.6) is 0 Å². The minimum atomic E-state index is -0.0607. The van der Waals surface area contributed by atoms with Gasteiger partial charge in [0.25, 0.3) is 11.5 Å². The molecule has 0 saturated carbocycles. The Morgan fingerprint density at radius 1 is 1.14 bits per heavy atom. The second-order valence-corrected chi connectivity index (χ2v) is 5.98. The van der Waals surface area contributed by atoms with Gasteiger partial charge in [0.05, 0.1) is 5.56 Å². The van der Waals surface area contributed by atoms with E-state index >= 15 is 0 Å². The van der Waals surface area contributed by atoms with E-state index in [9.17, 15) is 9.59 Å². The van der Waals surface area contributed by atoms with Crippen LogP contribution < -0.4 is 5.56 Å². The monoisotopic (exact) mass is 284 g/mol. The number of nitrogens with zero attached hydrogens (tertiary/aromatic N) is 2. The largest absolute Gasteiger partial charge is 0.339 e. The van der Waals surface area contributed by atoms with Crippen LogP contribution in [0, 0.1) is 5.92 Å². The molecule has 1 aliphatic rings. The summed E-state index contributed by atoms with van der Waals surface area (Å²) in [6.07, 6.45) is 3.77. The molecule has 1 fully saturated rings. The van der Waals surface area contributed by atoms with Gasteiger partial charge in [-0.15, -0.1) is 0 Å². The number of pyridine rings is 1. The molecule has 1 amide bonds. The van der Waals surface area contributed by atoms with Gasteiger partial charge in [-0.05, 0) is 24.8 Å². The van der Waals surface area contributed by atoms with E-state index in [-0.39, 0.29) is 11.5 Å². The summed E-state index contributed by atoms with van der Waals surface area (Å²) >= 11 is 0. The molecule has 110 valence electrons. The number of piperidine rings is 1. The summed E-state index contributed by atoms with van der Waals surface area (Å²) in [6, 6.07) is 7.35. The summed E-state index contributed by atoms with van der Waals surface area (Å²) in [7, 11) is 1.70. The lowest BCUT2D eigenvalue weighted by molar-refractivity contribution is 0.0698. The number of benzene rings is 1. The van der Waals surface area contributed by atoms with Gasteiger partial charge in [0.15, 0.2) is 0 Å². The number of carbonyl (C=O) groups excluding carboxylic acids is 1. The molecule has 1 aromatic heterocycles. The highest BCUT2D eigenvalue weighted by molar-refractivity contribution is 6.06. The van der Waals surface area contributed by atoms with Crippen molar-refractivity contribution in [3.8, 4) is 0 Å². The van der Waals surface area contributed by atoms with E-state index in [0.29, 0.717) is 16.9 Å². The lowest BCUT2D eigenvalue weighted by atomic mass is 9.98. The molecule has 0 spiro atoms. The van der Waals surface area contributed by atoms with E-state index in [1.807, 2.05) is 23.1 Å². The van der Waals surface area contributed by atoms with Crippen molar-refractivity contribution in [1.29, 1.82) is 0 Å². The zero-order valence-corrected chi connectivity index (χ0v) is 12.5. The normalized spacial score (nSPS) is 16.4. The zero-order valence-electron chi connectivity index (χ0n) is 12.5. The summed E-state index contributed by atoms with van der Waals surface area (Å²) in [5, 5.41) is 1.36. The van der Waals surface area contributed by atoms with Gasteiger partial charge in [-0.3, -0.25) is 9.59 Å². The van der Waals surface area contributed by atoms with Gasteiger partial charge in [-0.2, -0.15) is 0 Å². The number of carbonyl (C=O) groups is 1. The van der Waals surface area contributed by atoms with Gasteiger partial charge in [0, 0.05) is 37.1 Å². The van der Waals surface area contributed by atoms with Crippen molar-refractivity contribution in [2.75, 3.05) is 13.1 Å². The van der Waals surface area contributed by atoms with Crippen LogP contribution in [0.4, 0.5) is 0 Å². The van der Waals surface area contributed by atoms with E-state index in [0.717, 1.165) is 31.3 Å². The minimum Gasteiger partial charge on any atom is -0.339 e. The molecule has 0 radical (unpaired) electrons. The van der Waals surface area contributed by atoms with Crippen LogP contribution in [-0.2, 0) is 7.05 Å². The lowest BCUT2D eigenvalue weighted by Gasteiger charge is -2.30. The van der Waals surface area contributed by atoms with E-state index in [4.69, 9.17) is 0 Å². The van der Waals surface area contributed by atoms with Crippen molar-refractivity contribution in [2.24, 2.45) is 13.0 Å². The summed E-state index contributed by atoms with van der Waals surface area (Å²) in [5.74, 6) is 0.722. The van der Waals surface area contributed by atoms with E-state index in [1.165, 1.54) is 4.57 Å². The number of hydrogen-bond acceptors (Lipinski definition) is 2. The maximum atomic E-state index is 12.8. The molecule has 2 aromatic rings. The number of aryl methyl sites for hydroxylation is 1. The second-order valence-electron chi connectivity index (χ2n) is 5.98. The third kappa shape index (κ3) is 2.46. The number of fused-ring (bicyclic) bond motifs is 1. The molecular weight excluding hydrogens is 264 g/mol. The molecule has 1 aliphatic heterocycles. The molecular formula is C17H20N2O2. The molecule has 4 heteroatoms. The van der Waals surface area contributed by atoms with Crippen LogP contribution in [0.25, 0.3) is 10.8 Å². The second kappa shape index (κ2) is 5.35. The molecule has 0 bridgehead atoms. The topological polar surface area (TPSA) is 42.3 Å². The Hall–Kier alpha value is -2.10. The SMILES string of the molecule is CC1CCN(C(=O)c2cn(C)c(=O)c3ccccc23)CC1. The standard InChI is InChI=1S/C17H20N2O2/c1-12-7-9-19(10-8-12)17(21)15-11-18(2)16(20)14-6-4-3-5-13(14)15/h3-6,11-12H,7-10H2,1-2H3. The minimum absolute atomic E-state index is 0.0358. The van der Waals surface area contributed by atoms with Crippen molar-refractivity contribution in [1.82, 2.24) is 9.47 Å². The van der Waals surface area contributed by atoms with Crippen LogP contribution in [0.15, 0.2) is 35.3 Å². The average molecular weight is 284 g/mol. The highest BCUT2D eigenvalue weighted by atomic mass is 16.2. The van der Waals surface area contributed by atoms with Crippen LogP contribution in [-0.4, -0.2) is 28.5 Å². The molecule has 0 atom stereocenters. The van der Waals surface area contributed by atoms with Gasteiger partial charge >= 0.3 is 0 Å². The molecule has 2 heterocycles. The third-order valence-corrected chi connectivity index (χ3v) is 4.39. The van der Waals surface area contributed by atoms with Crippen molar-refractivity contribution in [2.45, 2.75) is 19.8 Å². The van der Waals surface area contributed by atoms with Crippen LogP contribution in [0.2, 0.25) is 0 Å². The van der Waals surface area contributed by atoms with Gasteiger partial charge in [0.2, 0.25) is 0 Å². The van der Waals surface area contributed by atoms with E-state index in [1.54, 1.807) is 19.3 Å². The first-order chi connectivity index (χ1) is 10.1. The Morgan fingerprint density at radius 2 is 1.76 bits per heavy atom. The van der Waals surface area contributed by atoms with Crippen LogP contribution in [0.3, 0.4) is 0 Å². The van der Waals surface area contributed by atoms with E-state index < -0.39 is 0 Å². The number of aromatic nitrogens is 1. The Labute approximate surface area is 124 Å². The van der Waals surface area contributed by atoms with E-state index in [2.05, 4.69) is 6.92 Å². The van der Waals surface area contributed by atoms with Gasteiger partial charge < -0.3 is 9.47 Å². The smallest absolute Gasteiger partial charge is 0.258 e. The maximum Gasteiger partial charge on any atom is 0.258 e. The summed E-state index contributed by atoms with van der Waals surface area (Å²) in [5.41, 5.74) is 0.566. The molecule has 0 aliphatic carbocycles. The maximum absolute atomic E-state index is 12.8. The molecule has 21 heavy (non-hydrogen) atoms. The Balaban J connectivity index is 2.06. The Kier molecular flexibility index (Phi) is 3.53. The number of amides is 1. The molecule has 0 unspecified atom stereocenters. The number of likely N-dealkylation sites (tertiary alicyclic amines) is 1. The van der Waals surface area contributed by atoms with Gasteiger partial charge in [-0.1, -0.05) is 25.1 Å². The first-order valence-corrected chi connectivity index (χ1v) is 7.45. The zero-order chi connectivity index (χ0) is 15.0. The van der Waals surface area contributed by atoms with Crippen molar-refractivity contribution in [3.05, 3.63) is 46.4 Å². The number of rotatable bonds is 1. The fourth-order valence-corrected chi connectivity index (χ4v) is 2.97. The van der Waals surface area contributed by atoms with Crippen LogP contribution >= 0.6 is 0 Å². The predicted molar refractivity (Wildman–Crippen MR) is 83.5 cm³/mol. The fraction of sp³-hybridized carbons (Fsp3) is 0.412. The van der Waals surface area contributed by atoms with Gasteiger partial charge in [0.1, 0.15) is 0 Å². The van der Waals surface area contributed by atoms with Gasteiger partial charge in [-0.25, -0.2) is 0 Å². The fourth-order valence-electron chi connectivity index (χ4n) is 2.97. The Bertz CT molecular complexity index is 740. The predicted octanol–water partition coefficient (Wildman–Crippen LogP) is 2.41. The average Bonchev–Trinajstić information content (AvgIpc) is 2.51. The third-order valence-electron chi connectivity index (χ3n) is 4.39. The molecule has 0 N–H and O–H groups in total. The molecule has 4 nitrogen and oxygen atoms in total. The Morgan fingerprint density at radius 3 is 2.43 bits per heavy atom. The molecule has 1 saturated heterocycles. The van der Waals surface area contributed by atoms with Crippen molar-refractivity contribution in [3.63, 3.8) is 0 Å². The quantitative estimate of drug-likeness (QED) is 0.807. The highest BCUT2D eigenvalue weighted by Gasteiger charge is 2.23. The first kappa shape index (κ1) is 13.9. The van der Waals surface area contributed by atoms with Crippen LogP contribution in [0.1, 0.15) is 30.1 Å². The summed E-state index contributed by atoms with van der Waals surface area (Å²) in [6.45, 7) is 3.83. The molecule has 3 rings (SSSR count). The first-order valence-electron chi connectivity index (χ1n) is 7.45. The van der Waals surface area contributed by atoms with Crippen molar-refractivity contribution < 1.29 is 4.79 Å². The summed E-state index contributed by atoms with van der Waals surface area (Å²) in [4.78, 5) is 26.9. The van der Waals surface area contributed by atoms with Crippen molar-refractivity contribution >= 4 is 16.7 Å². The highest BCUT2D eigenvalue weighted by Crippen LogP contribution is 2.21.